The monoisotopic (exact) mass is 466 g/mol. The smallest absolute Gasteiger partial charge is 0.191 e. The van der Waals surface area contributed by atoms with E-state index < -0.39 is 0 Å². The van der Waals surface area contributed by atoms with Crippen molar-refractivity contribution in [1.29, 1.82) is 0 Å². The number of aliphatic imine (C=N–C) groups is 1. The standard InChI is InChI=1S/C20H23FN4.HI/c1-14-5-3-8-18-16(13-24-19(14)18)9-10-23-20(22-2)25-12-15-6-4-7-17(21)11-15;/h3-8,11,13,24H,9-10,12H2,1-2H3,(H2,22,23,25);1H. The number of hydrogen-bond donors (Lipinski definition) is 3. The average molecular weight is 466 g/mol. The van der Waals surface area contributed by atoms with Crippen LogP contribution in [0.5, 0.6) is 0 Å². The van der Waals surface area contributed by atoms with E-state index in [-0.39, 0.29) is 29.8 Å². The normalized spacial score (nSPS) is 11.3. The van der Waals surface area contributed by atoms with E-state index in [2.05, 4.69) is 51.9 Å². The van der Waals surface area contributed by atoms with Gasteiger partial charge in [-0.15, -0.1) is 24.0 Å². The number of nitrogens with one attached hydrogen (secondary N) is 3. The van der Waals surface area contributed by atoms with Gasteiger partial charge in [0, 0.05) is 37.2 Å². The molecule has 0 amide bonds. The van der Waals surface area contributed by atoms with Crippen LogP contribution in [0.15, 0.2) is 53.7 Å². The zero-order valence-electron chi connectivity index (χ0n) is 15.0. The second-order valence-electron chi connectivity index (χ2n) is 6.04. The summed E-state index contributed by atoms with van der Waals surface area (Å²) in [6.07, 6.45) is 2.96. The Bertz CT molecular complexity index is 888. The molecule has 2 aromatic carbocycles. The van der Waals surface area contributed by atoms with E-state index in [1.54, 1.807) is 13.1 Å². The van der Waals surface area contributed by atoms with Crippen LogP contribution in [-0.2, 0) is 13.0 Å². The molecule has 3 N–H and O–H groups in total. The SMILES string of the molecule is CN=C(NCCc1c[nH]c2c(C)cccc12)NCc1cccc(F)c1.I. The molecule has 0 aliphatic heterocycles. The third-order valence-corrected chi connectivity index (χ3v) is 4.27. The average Bonchev–Trinajstić information content (AvgIpc) is 3.02. The molecule has 0 spiro atoms. The van der Waals surface area contributed by atoms with Crippen LogP contribution in [0.25, 0.3) is 10.9 Å². The molecule has 1 heterocycles. The van der Waals surface area contributed by atoms with Crippen molar-refractivity contribution in [2.75, 3.05) is 13.6 Å². The van der Waals surface area contributed by atoms with E-state index in [1.165, 1.54) is 34.2 Å². The Labute approximate surface area is 170 Å². The number of para-hydroxylation sites is 1. The molecule has 3 aromatic rings. The summed E-state index contributed by atoms with van der Waals surface area (Å²) < 4.78 is 13.2. The summed E-state index contributed by atoms with van der Waals surface area (Å²) in [6.45, 7) is 3.41. The number of guanidine groups is 1. The van der Waals surface area contributed by atoms with E-state index in [4.69, 9.17) is 0 Å². The van der Waals surface area contributed by atoms with Crippen molar-refractivity contribution in [3.8, 4) is 0 Å². The van der Waals surface area contributed by atoms with Crippen LogP contribution in [0, 0.1) is 12.7 Å². The molecule has 0 atom stereocenters. The predicted molar refractivity (Wildman–Crippen MR) is 117 cm³/mol. The fraction of sp³-hybridized carbons (Fsp3) is 0.250. The minimum Gasteiger partial charge on any atom is -0.361 e. The van der Waals surface area contributed by atoms with E-state index in [1.807, 2.05) is 6.07 Å². The number of hydrogen-bond acceptors (Lipinski definition) is 1. The highest BCUT2D eigenvalue weighted by molar-refractivity contribution is 14.0. The first kappa shape index (κ1) is 20.2. The lowest BCUT2D eigenvalue weighted by molar-refractivity contribution is 0.624. The Morgan fingerprint density at radius 2 is 1.96 bits per heavy atom. The highest BCUT2D eigenvalue weighted by atomic mass is 127. The molecule has 26 heavy (non-hydrogen) atoms. The van der Waals surface area contributed by atoms with Crippen LogP contribution in [0.3, 0.4) is 0 Å². The van der Waals surface area contributed by atoms with Crippen molar-refractivity contribution in [2.45, 2.75) is 19.9 Å². The highest BCUT2D eigenvalue weighted by Crippen LogP contribution is 2.21. The Kier molecular flexibility index (Phi) is 7.44. The van der Waals surface area contributed by atoms with E-state index in [0.29, 0.717) is 12.5 Å². The van der Waals surface area contributed by atoms with Crippen molar-refractivity contribution in [3.63, 3.8) is 0 Å². The van der Waals surface area contributed by atoms with Gasteiger partial charge in [-0.1, -0.05) is 30.3 Å². The number of nitrogens with zero attached hydrogens (tertiary/aromatic N) is 1. The van der Waals surface area contributed by atoms with Gasteiger partial charge in [0.1, 0.15) is 5.82 Å². The van der Waals surface area contributed by atoms with Crippen LogP contribution in [0.1, 0.15) is 16.7 Å². The maximum Gasteiger partial charge on any atom is 0.191 e. The van der Waals surface area contributed by atoms with Crippen LogP contribution < -0.4 is 10.6 Å². The van der Waals surface area contributed by atoms with Crippen molar-refractivity contribution in [2.24, 2.45) is 4.99 Å². The number of rotatable bonds is 5. The topological polar surface area (TPSA) is 52.2 Å². The van der Waals surface area contributed by atoms with Crippen LogP contribution in [0.4, 0.5) is 4.39 Å². The molecule has 3 rings (SSSR count). The second-order valence-corrected chi connectivity index (χ2v) is 6.04. The van der Waals surface area contributed by atoms with Crippen LogP contribution in [-0.4, -0.2) is 24.5 Å². The van der Waals surface area contributed by atoms with Crippen molar-refractivity contribution < 1.29 is 4.39 Å². The Morgan fingerprint density at radius 3 is 2.73 bits per heavy atom. The molecule has 0 saturated carbocycles. The van der Waals surface area contributed by atoms with Crippen molar-refractivity contribution in [1.82, 2.24) is 15.6 Å². The summed E-state index contributed by atoms with van der Waals surface area (Å²) in [4.78, 5) is 7.57. The summed E-state index contributed by atoms with van der Waals surface area (Å²) >= 11 is 0. The van der Waals surface area contributed by atoms with Gasteiger partial charge in [0.25, 0.3) is 0 Å². The lowest BCUT2D eigenvalue weighted by atomic mass is 10.1. The summed E-state index contributed by atoms with van der Waals surface area (Å²) in [5.74, 6) is 0.483. The number of fused-ring (bicyclic) bond motifs is 1. The molecule has 1 aromatic heterocycles. The number of aryl methyl sites for hydroxylation is 1. The predicted octanol–water partition coefficient (Wildman–Crippen LogP) is 4.14. The van der Waals surface area contributed by atoms with E-state index in [9.17, 15) is 4.39 Å². The molecule has 0 aliphatic rings. The quantitative estimate of drug-likeness (QED) is 0.301. The molecule has 6 heteroatoms. The molecule has 4 nitrogen and oxygen atoms in total. The van der Waals surface area contributed by atoms with Crippen molar-refractivity contribution in [3.05, 3.63) is 71.2 Å². The lowest BCUT2D eigenvalue weighted by Gasteiger charge is -2.12. The first-order valence-electron chi connectivity index (χ1n) is 8.42. The van der Waals surface area contributed by atoms with Gasteiger partial charge in [-0.3, -0.25) is 4.99 Å². The molecule has 138 valence electrons. The number of aromatic nitrogens is 1. The third kappa shape index (κ3) is 4.97. The second kappa shape index (κ2) is 9.56. The van der Waals surface area contributed by atoms with E-state index >= 15 is 0 Å². The highest BCUT2D eigenvalue weighted by Gasteiger charge is 2.05. The summed E-state index contributed by atoms with van der Waals surface area (Å²) in [6, 6.07) is 12.9. The first-order chi connectivity index (χ1) is 12.2. The lowest BCUT2D eigenvalue weighted by Crippen LogP contribution is -2.37. The molecule has 0 bridgehead atoms. The summed E-state index contributed by atoms with van der Waals surface area (Å²) in [7, 11) is 1.73. The van der Waals surface area contributed by atoms with E-state index in [0.717, 1.165) is 18.5 Å². The molecule has 0 radical (unpaired) electrons. The Balaban J connectivity index is 0.00000243. The summed E-state index contributed by atoms with van der Waals surface area (Å²) in [5, 5.41) is 7.77. The van der Waals surface area contributed by atoms with Gasteiger partial charge in [-0.05, 0) is 42.2 Å². The molecule has 0 saturated heterocycles. The van der Waals surface area contributed by atoms with Gasteiger partial charge in [0.05, 0.1) is 0 Å². The van der Waals surface area contributed by atoms with Gasteiger partial charge >= 0.3 is 0 Å². The molecule has 0 fully saturated rings. The fourth-order valence-electron chi connectivity index (χ4n) is 2.94. The molecule has 0 aliphatic carbocycles. The van der Waals surface area contributed by atoms with Crippen molar-refractivity contribution >= 4 is 40.8 Å². The number of benzene rings is 2. The van der Waals surface area contributed by atoms with Gasteiger partial charge in [0.15, 0.2) is 5.96 Å². The molecular formula is C20H24FIN4. The largest absolute Gasteiger partial charge is 0.361 e. The minimum atomic E-state index is -0.225. The molecular weight excluding hydrogens is 442 g/mol. The number of aromatic amines is 1. The maximum atomic E-state index is 13.2. The number of halogens is 2. The van der Waals surface area contributed by atoms with Gasteiger partial charge in [0.2, 0.25) is 0 Å². The third-order valence-electron chi connectivity index (χ3n) is 4.27. The first-order valence-corrected chi connectivity index (χ1v) is 8.42. The Hall–Kier alpha value is -2.09. The Morgan fingerprint density at radius 1 is 1.15 bits per heavy atom. The summed E-state index contributed by atoms with van der Waals surface area (Å²) in [5.41, 5.74) is 4.62. The van der Waals surface area contributed by atoms with Crippen LogP contribution in [0.2, 0.25) is 0 Å². The van der Waals surface area contributed by atoms with Gasteiger partial charge < -0.3 is 15.6 Å². The van der Waals surface area contributed by atoms with Gasteiger partial charge in [-0.2, -0.15) is 0 Å². The zero-order valence-corrected chi connectivity index (χ0v) is 17.3. The van der Waals surface area contributed by atoms with Gasteiger partial charge in [-0.25, -0.2) is 4.39 Å². The fourth-order valence-corrected chi connectivity index (χ4v) is 2.94. The molecule has 0 unspecified atom stereocenters. The zero-order chi connectivity index (χ0) is 17.6. The number of H-pyrrole nitrogens is 1. The van der Waals surface area contributed by atoms with Crippen LogP contribution >= 0.6 is 24.0 Å². The maximum absolute atomic E-state index is 13.2. The minimum absolute atomic E-state index is 0.